The summed E-state index contributed by atoms with van der Waals surface area (Å²) >= 11 is 0. The average Bonchev–Trinajstić information content (AvgIpc) is 2.83. The fourth-order valence-corrected chi connectivity index (χ4v) is 3.18. The number of aliphatic carboxylic acids is 1. The van der Waals surface area contributed by atoms with E-state index < -0.39 is 5.97 Å². The van der Waals surface area contributed by atoms with Gasteiger partial charge in [-0.2, -0.15) is 0 Å². The highest BCUT2D eigenvalue weighted by atomic mass is 16.5. The summed E-state index contributed by atoms with van der Waals surface area (Å²) in [7, 11) is 1.64. The average molecular weight is 269 g/mol. The van der Waals surface area contributed by atoms with Gasteiger partial charge in [0.25, 0.3) is 0 Å². The standard InChI is InChI=1S/C14H23NO4/c1-19-14(7-4-8-14)9-12(16)15(10-13(17)18)11-5-2-3-6-11/h11H,2-10H2,1H3,(H,17,18). The molecule has 0 radical (unpaired) electrons. The Labute approximate surface area is 113 Å². The molecule has 0 aliphatic heterocycles. The van der Waals surface area contributed by atoms with Crippen LogP contribution >= 0.6 is 0 Å². The second-order valence-corrected chi connectivity index (χ2v) is 5.77. The van der Waals surface area contributed by atoms with Gasteiger partial charge in [-0.25, -0.2) is 0 Å². The Bertz CT molecular complexity index is 340. The van der Waals surface area contributed by atoms with Crippen molar-refractivity contribution in [3.8, 4) is 0 Å². The minimum Gasteiger partial charge on any atom is -0.480 e. The van der Waals surface area contributed by atoms with Crippen LogP contribution in [0.1, 0.15) is 51.4 Å². The minimum atomic E-state index is -0.930. The van der Waals surface area contributed by atoms with E-state index in [9.17, 15) is 9.59 Å². The van der Waals surface area contributed by atoms with E-state index in [1.54, 1.807) is 12.0 Å². The predicted octanol–water partition coefficient (Wildman–Crippen LogP) is 1.80. The molecule has 0 saturated heterocycles. The number of hydrogen-bond acceptors (Lipinski definition) is 3. The summed E-state index contributed by atoms with van der Waals surface area (Å²) in [5.74, 6) is -0.990. The van der Waals surface area contributed by atoms with Gasteiger partial charge in [0.15, 0.2) is 0 Å². The SMILES string of the molecule is COC1(CC(=O)N(CC(=O)O)C2CCCC2)CCC1. The van der Waals surface area contributed by atoms with E-state index in [4.69, 9.17) is 9.84 Å². The molecule has 1 amide bonds. The van der Waals surface area contributed by atoms with Crippen LogP contribution in [0.2, 0.25) is 0 Å². The number of carbonyl (C=O) groups is 2. The highest BCUT2D eigenvalue weighted by molar-refractivity contribution is 5.82. The highest BCUT2D eigenvalue weighted by Gasteiger charge is 2.41. The molecule has 0 bridgehead atoms. The van der Waals surface area contributed by atoms with Crippen LogP contribution in [0.5, 0.6) is 0 Å². The summed E-state index contributed by atoms with van der Waals surface area (Å²) in [5.41, 5.74) is -0.327. The van der Waals surface area contributed by atoms with Gasteiger partial charge in [-0.3, -0.25) is 9.59 Å². The minimum absolute atomic E-state index is 0.0594. The number of nitrogens with zero attached hydrogens (tertiary/aromatic N) is 1. The first-order valence-electron chi connectivity index (χ1n) is 7.13. The largest absolute Gasteiger partial charge is 0.480 e. The van der Waals surface area contributed by atoms with Crippen molar-refractivity contribution in [2.45, 2.75) is 63.0 Å². The van der Waals surface area contributed by atoms with E-state index in [-0.39, 0.29) is 24.1 Å². The van der Waals surface area contributed by atoms with Crippen molar-refractivity contribution < 1.29 is 19.4 Å². The van der Waals surface area contributed by atoms with Gasteiger partial charge >= 0.3 is 5.97 Å². The van der Waals surface area contributed by atoms with E-state index in [1.165, 1.54) is 0 Å². The fraction of sp³-hybridized carbons (Fsp3) is 0.857. The molecule has 2 aliphatic rings. The van der Waals surface area contributed by atoms with E-state index in [1.807, 2.05) is 0 Å². The Morgan fingerprint density at radius 2 is 1.89 bits per heavy atom. The number of hydrogen-bond donors (Lipinski definition) is 1. The Hall–Kier alpha value is -1.10. The molecule has 108 valence electrons. The lowest BCUT2D eigenvalue weighted by Gasteiger charge is -2.41. The maximum absolute atomic E-state index is 12.4. The lowest BCUT2D eigenvalue weighted by atomic mass is 9.77. The molecule has 0 aromatic rings. The van der Waals surface area contributed by atoms with Gasteiger partial charge in [0.2, 0.25) is 5.91 Å². The molecule has 2 fully saturated rings. The van der Waals surface area contributed by atoms with Crippen molar-refractivity contribution in [1.29, 1.82) is 0 Å². The van der Waals surface area contributed by atoms with E-state index in [0.29, 0.717) is 6.42 Å². The molecule has 19 heavy (non-hydrogen) atoms. The first-order chi connectivity index (χ1) is 9.06. The molecular formula is C14H23NO4. The van der Waals surface area contributed by atoms with Crippen LogP contribution in [0.15, 0.2) is 0 Å². The molecule has 1 N–H and O–H groups in total. The molecule has 5 heteroatoms. The van der Waals surface area contributed by atoms with Crippen molar-refractivity contribution in [3.63, 3.8) is 0 Å². The summed E-state index contributed by atoms with van der Waals surface area (Å²) in [5, 5.41) is 8.99. The number of carboxylic acid groups (broad SMARTS) is 1. The first-order valence-corrected chi connectivity index (χ1v) is 7.13. The Morgan fingerprint density at radius 1 is 1.26 bits per heavy atom. The molecule has 2 saturated carbocycles. The molecule has 2 aliphatic carbocycles. The second-order valence-electron chi connectivity index (χ2n) is 5.77. The van der Waals surface area contributed by atoms with Gasteiger partial charge in [-0.05, 0) is 32.1 Å². The molecule has 0 aromatic carbocycles. The molecule has 0 unspecified atom stereocenters. The van der Waals surface area contributed by atoms with Crippen molar-refractivity contribution in [2.24, 2.45) is 0 Å². The van der Waals surface area contributed by atoms with Crippen LogP contribution in [0, 0.1) is 0 Å². The third-order valence-electron chi connectivity index (χ3n) is 4.56. The normalized spacial score (nSPS) is 21.9. The van der Waals surface area contributed by atoms with Gasteiger partial charge in [0, 0.05) is 13.2 Å². The third kappa shape index (κ3) is 3.26. The third-order valence-corrected chi connectivity index (χ3v) is 4.56. The van der Waals surface area contributed by atoms with Crippen LogP contribution < -0.4 is 0 Å². The topological polar surface area (TPSA) is 66.8 Å². The summed E-state index contributed by atoms with van der Waals surface area (Å²) in [6.45, 7) is -0.177. The van der Waals surface area contributed by atoms with Crippen LogP contribution in [-0.2, 0) is 14.3 Å². The monoisotopic (exact) mass is 269 g/mol. The maximum atomic E-state index is 12.4. The maximum Gasteiger partial charge on any atom is 0.323 e. The quantitative estimate of drug-likeness (QED) is 0.798. The zero-order valence-corrected chi connectivity index (χ0v) is 11.6. The molecular weight excluding hydrogens is 246 g/mol. The summed E-state index contributed by atoms with van der Waals surface area (Å²) in [6.07, 6.45) is 7.25. The van der Waals surface area contributed by atoms with Crippen LogP contribution in [0.25, 0.3) is 0 Å². The fourth-order valence-electron chi connectivity index (χ4n) is 3.18. The zero-order valence-electron chi connectivity index (χ0n) is 11.6. The number of ether oxygens (including phenoxy) is 1. The van der Waals surface area contributed by atoms with E-state index in [2.05, 4.69) is 0 Å². The number of amides is 1. The molecule has 0 heterocycles. The second kappa shape index (κ2) is 5.90. The summed E-state index contributed by atoms with van der Waals surface area (Å²) in [6, 6.07) is 0.109. The molecule has 0 spiro atoms. The lowest BCUT2D eigenvalue weighted by Crippen LogP contribution is -2.48. The molecule has 0 aromatic heterocycles. The van der Waals surface area contributed by atoms with Crippen molar-refractivity contribution in [3.05, 3.63) is 0 Å². The molecule has 0 atom stereocenters. The van der Waals surface area contributed by atoms with Crippen molar-refractivity contribution in [1.82, 2.24) is 4.90 Å². The number of carbonyl (C=O) groups excluding carboxylic acids is 1. The van der Waals surface area contributed by atoms with Gasteiger partial charge < -0.3 is 14.7 Å². The van der Waals surface area contributed by atoms with Gasteiger partial charge in [-0.15, -0.1) is 0 Å². The number of rotatable bonds is 6. The predicted molar refractivity (Wildman–Crippen MR) is 69.8 cm³/mol. The Kier molecular flexibility index (Phi) is 4.45. The van der Waals surface area contributed by atoms with Crippen molar-refractivity contribution in [2.75, 3.05) is 13.7 Å². The van der Waals surface area contributed by atoms with Crippen molar-refractivity contribution >= 4 is 11.9 Å². The smallest absolute Gasteiger partial charge is 0.323 e. The highest BCUT2D eigenvalue weighted by Crippen LogP contribution is 2.39. The van der Waals surface area contributed by atoms with E-state index in [0.717, 1.165) is 44.9 Å². The van der Waals surface area contributed by atoms with Crippen LogP contribution in [0.4, 0.5) is 0 Å². The Morgan fingerprint density at radius 3 is 2.32 bits per heavy atom. The number of carboxylic acids is 1. The van der Waals surface area contributed by atoms with Crippen LogP contribution in [-0.4, -0.2) is 47.2 Å². The van der Waals surface area contributed by atoms with Gasteiger partial charge in [0.1, 0.15) is 6.54 Å². The van der Waals surface area contributed by atoms with E-state index >= 15 is 0 Å². The molecule has 2 rings (SSSR count). The van der Waals surface area contributed by atoms with Crippen LogP contribution in [0.3, 0.4) is 0 Å². The number of methoxy groups -OCH3 is 1. The summed E-state index contributed by atoms with van der Waals surface area (Å²) < 4.78 is 5.47. The van der Waals surface area contributed by atoms with Gasteiger partial charge in [-0.1, -0.05) is 12.8 Å². The Balaban J connectivity index is 2.00. The van der Waals surface area contributed by atoms with Gasteiger partial charge in [0.05, 0.1) is 12.0 Å². The first kappa shape index (κ1) is 14.3. The molecule has 5 nitrogen and oxygen atoms in total. The lowest BCUT2D eigenvalue weighted by molar-refractivity contribution is -0.153. The zero-order chi connectivity index (χ0) is 13.9. The summed E-state index contributed by atoms with van der Waals surface area (Å²) in [4.78, 5) is 24.9.